The first-order valence-electron chi connectivity index (χ1n) is 5.65. The Labute approximate surface area is 133 Å². The van der Waals surface area contributed by atoms with Gasteiger partial charge in [-0.25, -0.2) is 0 Å². The number of halogens is 2. The van der Waals surface area contributed by atoms with Crippen LogP contribution < -0.4 is 4.74 Å². The van der Waals surface area contributed by atoms with Gasteiger partial charge in [-0.15, -0.1) is 0 Å². The van der Waals surface area contributed by atoms with Gasteiger partial charge < -0.3 is 0 Å². The molecule has 0 amide bonds. The fraction of sp³-hybridized carbons (Fsp3) is 0.417. The average Bonchev–Trinajstić information content (AvgIpc) is 2.29. The molecule has 4 nitrogen and oxygen atoms in total. The summed E-state index contributed by atoms with van der Waals surface area (Å²) in [5.41, 5.74) is 0.829. The molecule has 8 heteroatoms. The third-order valence-electron chi connectivity index (χ3n) is 2.32. The molecule has 1 aromatic rings. The summed E-state index contributed by atoms with van der Waals surface area (Å²) in [6, 6.07) is 5.61. The molecule has 0 aliphatic heterocycles. The molecule has 0 N–H and O–H groups in total. The Kier molecular flexibility index (Phi) is 6.92. The van der Waals surface area contributed by atoms with E-state index in [0.717, 1.165) is 16.2 Å². The molecule has 0 bridgehead atoms. The summed E-state index contributed by atoms with van der Waals surface area (Å²) < 4.78 is 12.5. The summed E-state index contributed by atoms with van der Waals surface area (Å²) in [5, 5.41) is 2.55. The Hall–Kier alpha value is -0.157. The van der Waals surface area contributed by atoms with Crippen LogP contribution in [-0.4, -0.2) is 23.2 Å². The van der Waals surface area contributed by atoms with Crippen LogP contribution in [0.4, 0.5) is 0 Å². The number of hydrogen-bond acceptors (Lipinski definition) is 4. The maximum atomic E-state index is 10.3. The second kappa shape index (κ2) is 7.74. The van der Waals surface area contributed by atoms with Crippen LogP contribution in [0.15, 0.2) is 28.4 Å². The molecular weight excluding hydrogens is 410 g/mol. The number of nitrogens with zero attached hydrogens (tertiary/aromatic N) is 1. The van der Waals surface area contributed by atoms with Crippen molar-refractivity contribution in [2.45, 2.75) is 24.8 Å². The van der Waals surface area contributed by atoms with Crippen molar-refractivity contribution in [3.63, 3.8) is 0 Å². The first-order valence-corrected chi connectivity index (χ1v) is 13.5. The Morgan fingerprint density at radius 1 is 1.35 bits per heavy atom. The molecule has 0 saturated heterocycles. The molecule has 116 valence electrons. The van der Waals surface area contributed by atoms with Crippen molar-refractivity contribution in [2.24, 2.45) is 5.34 Å². The van der Waals surface area contributed by atoms with Gasteiger partial charge in [-0.2, -0.15) is 0 Å². The Morgan fingerprint density at radius 3 is 2.50 bits per heavy atom. The van der Waals surface area contributed by atoms with Gasteiger partial charge in [-0.05, 0) is 0 Å². The zero-order valence-electron chi connectivity index (χ0n) is 11.6. The van der Waals surface area contributed by atoms with Crippen LogP contribution in [-0.2, 0) is 17.8 Å². The number of hydrogen-bond donors (Lipinski definition) is 0. The van der Waals surface area contributed by atoms with E-state index in [1.54, 1.807) is 0 Å². The summed E-state index contributed by atoms with van der Waals surface area (Å²) in [7, 11) is 10.2. The third-order valence-corrected chi connectivity index (χ3v) is 5.97. The Morgan fingerprint density at radius 2 is 2.00 bits per heavy atom. The van der Waals surface area contributed by atoms with Crippen molar-refractivity contribution in [3.05, 3.63) is 28.7 Å². The SMILES string of the molecule is CC(C)Oc1ccc(S(C)(C)ON=O)cc1[CH]=[Ru]([Cl])[Cl]. The predicted molar refractivity (Wildman–Crippen MR) is 83.7 cm³/mol. The van der Waals surface area contributed by atoms with Crippen molar-refractivity contribution < 1.29 is 22.5 Å². The first kappa shape index (κ1) is 17.9. The van der Waals surface area contributed by atoms with Gasteiger partial charge in [0.25, 0.3) is 0 Å². The fourth-order valence-electron chi connectivity index (χ4n) is 1.48. The minimum absolute atomic E-state index is 0.0487. The summed E-state index contributed by atoms with van der Waals surface area (Å²) in [5.74, 6) is 0.720. The molecule has 0 spiro atoms. The molecule has 0 aromatic heterocycles. The van der Waals surface area contributed by atoms with E-state index in [9.17, 15) is 4.91 Å². The van der Waals surface area contributed by atoms with Crippen LogP contribution in [0.3, 0.4) is 0 Å². The second-order valence-electron chi connectivity index (χ2n) is 4.56. The molecule has 0 radical (unpaired) electrons. The monoisotopic (exact) mass is 427 g/mol. The van der Waals surface area contributed by atoms with E-state index in [2.05, 4.69) is 5.34 Å². The van der Waals surface area contributed by atoms with Crippen molar-refractivity contribution >= 4 is 34.3 Å². The Balaban J connectivity index is 3.27. The zero-order valence-corrected chi connectivity index (χ0v) is 15.6. The number of rotatable bonds is 6. The first-order chi connectivity index (χ1) is 9.26. The van der Waals surface area contributed by atoms with Crippen molar-refractivity contribution in [3.8, 4) is 5.75 Å². The minimum atomic E-state index is -1.98. The molecule has 0 unspecified atom stereocenters. The van der Waals surface area contributed by atoms with E-state index < -0.39 is 23.8 Å². The van der Waals surface area contributed by atoms with Gasteiger partial charge in [-0.3, -0.25) is 0 Å². The molecule has 0 fully saturated rings. The zero-order chi connectivity index (χ0) is 15.3. The predicted octanol–water partition coefficient (Wildman–Crippen LogP) is 4.59. The normalized spacial score (nSPS) is 12.8. The van der Waals surface area contributed by atoms with E-state index in [1.807, 2.05) is 49.2 Å². The fourth-order valence-corrected chi connectivity index (χ4v) is 4.30. The standard InChI is InChI=1S/C12H17NO3S.2ClH.Ru/c1-9(2)15-12-7-6-11(8-10(12)3)17(4,5)16-13-14;;;/h3,6-9H,1-2,4-5H3;2*1H;/q;;;+2/p-2. The van der Waals surface area contributed by atoms with E-state index in [4.69, 9.17) is 28.4 Å². The quantitative estimate of drug-likeness (QED) is 0.379. The van der Waals surface area contributed by atoms with Crippen LogP contribution in [0.5, 0.6) is 5.75 Å². The van der Waals surface area contributed by atoms with Crippen LogP contribution in [0.2, 0.25) is 0 Å². The molecule has 0 saturated carbocycles. The number of benzene rings is 1. The number of ether oxygens (including phenoxy) is 1. The van der Waals surface area contributed by atoms with Crippen LogP contribution in [0.1, 0.15) is 19.4 Å². The van der Waals surface area contributed by atoms with Gasteiger partial charge in [0.2, 0.25) is 0 Å². The second-order valence-corrected chi connectivity index (χ2v) is 13.4. The van der Waals surface area contributed by atoms with Crippen LogP contribution >= 0.6 is 29.7 Å². The van der Waals surface area contributed by atoms with E-state index in [-0.39, 0.29) is 6.10 Å². The molecule has 0 aliphatic rings. The van der Waals surface area contributed by atoms with E-state index in [1.165, 1.54) is 0 Å². The van der Waals surface area contributed by atoms with E-state index in [0.29, 0.717) is 0 Å². The third kappa shape index (κ3) is 5.32. The summed E-state index contributed by atoms with van der Waals surface area (Å²) in [6.45, 7) is 3.89. The van der Waals surface area contributed by atoms with Gasteiger partial charge in [0, 0.05) is 0 Å². The van der Waals surface area contributed by atoms with Crippen molar-refractivity contribution in [1.82, 2.24) is 0 Å². The van der Waals surface area contributed by atoms with E-state index >= 15 is 0 Å². The van der Waals surface area contributed by atoms with Crippen LogP contribution in [0, 0.1) is 4.91 Å². The van der Waals surface area contributed by atoms with Crippen LogP contribution in [0.25, 0.3) is 0 Å². The maximum absolute atomic E-state index is 10.3. The summed E-state index contributed by atoms with van der Waals surface area (Å²) in [6.07, 6.45) is 3.73. The molecule has 0 aliphatic carbocycles. The van der Waals surface area contributed by atoms with Gasteiger partial charge in [-0.1, -0.05) is 0 Å². The van der Waals surface area contributed by atoms with Gasteiger partial charge >= 0.3 is 134 Å². The van der Waals surface area contributed by atoms with Gasteiger partial charge in [0.05, 0.1) is 0 Å². The summed E-state index contributed by atoms with van der Waals surface area (Å²) >= 11 is -1.98. The molecule has 1 aromatic carbocycles. The molecule has 0 atom stereocenters. The van der Waals surface area contributed by atoms with Crippen molar-refractivity contribution in [1.29, 1.82) is 0 Å². The summed E-state index contributed by atoms with van der Waals surface area (Å²) in [4.78, 5) is 11.2. The molecule has 1 rings (SSSR count). The Bertz CT molecular complexity index is 519. The molecule has 0 heterocycles. The van der Waals surface area contributed by atoms with Gasteiger partial charge in [0.1, 0.15) is 0 Å². The topological polar surface area (TPSA) is 47.9 Å². The molecular formula is C12H17Cl2NO3RuS. The van der Waals surface area contributed by atoms with Crippen molar-refractivity contribution in [2.75, 3.05) is 12.5 Å². The molecule has 20 heavy (non-hydrogen) atoms. The van der Waals surface area contributed by atoms with Gasteiger partial charge in [0.15, 0.2) is 0 Å². The average molecular weight is 427 g/mol.